The van der Waals surface area contributed by atoms with Gasteiger partial charge in [-0.2, -0.15) is 13.2 Å². The molecule has 2 nitrogen and oxygen atoms in total. The van der Waals surface area contributed by atoms with Gasteiger partial charge in [-0.15, -0.1) is 0 Å². The monoisotopic (exact) mass is 282 g/mol. The first-order valence-corrected chi connectivity index (χ1v) is 6.48. The topological polar surface area (TPSA) is 38.0 Å². The van der Waals surface area contributed by atoms with E-state index in [0.29, 0.717) is 6.42 Å². The third-order valence-electron chi connectivity index (χ3n) is 3.31. The van der Waals surface area contributed by atoms with Crippen LogP contribution in [0.1, 0.15) is 18.4 Å². The predicted molar refractivity (Wildman–Crippen MR) is 74.1 cm³/mol. The highest BCUT2D eigenvalue weighted by Gasteiger charge is 2.28. The first-order chi connectivity index (χ1) is 9.48. The van der Waals surface area contributed by atoms with Crippen molar-refractivity contribution in [2.24, 2.45) is 5.84 Å². The number of fused-ring (bicyclic) bond motifs is 1. The highest BCUT2D eigenvalue weighted by atomic mass is 19.4. The van der Waals surface area contributed by atoms with Crippen molar-refractivity contribution >= 4 is 10.8 Å². The van der Waals surface area contributed by atoms with Crippen molar-refractivity contribution < 1.29 is 13.2 Å². The molecule has 0 aliphatic rings. The highest BCUT2D eigenvalue weighted by molar-refractivity contribution is 5.82. The van der Waals surface area contributed by atoms with Crippen molar-refractivity contribution in [1.82, 2.24) is 5.43 Å². The van der Waals surface area contributed by atoms with Gasteiger partial charge in [-0.25, -0.2) is 0 Å². The fraction of sp³-hybridized carbons (Fsp3) is 0.333. The molecular formula is C15H17F3N2. The Morgan fingerprint density at radius 2 is 1.75 bits per heavy atom. The van der Waals surface area contributed by atoms with Gasteiger partial charge in [0.25, 0.3) is 0 Å². The number of alkyl halides is 3. The third kappa shape index (κ3) is 4.21. The van der Waals surface area contributed by atoms with E-state index in [1.54, 1.807) is 0 Å². The largest absolute Gasteiger partial charge is 0.389 e. The summed E-state index contributed by atoms with van der Waals surface area (Å²) in [7, 11) is 0. The van der Waals surface area contributed by atoms with E-state index < -0.39 is 12.6 Å². The lowest BCUT2D eigenvalue weighted by Gasteiger charge is -2.17. The van der Waals surface area contributed by atoms with Gasteiger partial charge in [0.2, 0.25) is 0 Å². The molecule has 1 unspecified atom stereocenters. The van der Waals surface area contributed by atoms with Crippen LogP contribution in [-0.2, 0) is 6.42 Å². The number of nitrogens with one attached hydrogen (secondary N) is 1. The number of benzene rings is 2. The Balaban J connectivity index is 2.05. The Kier molecular flexibility index (Phi) is 4.62. The summed E-state index contributed by atoms with van der Waals surface area (Å²) < 4.78 is 36.7. The molecule has 0 radical (unpaired) electrons. The molecule has 0 saturated heterocycles. The molecule has 0 bridgehead atoms. The molecule has 3 N–H and O–H groups in total. The van der Waals surface area contributed by atoms with Gasteiger partial charge in [-0.05, 0) is 29.2 Å². The molecule has 2 aromatic rings. The Morgan fingerprint density at radius 1 is 1.05 bits per heavy atom. The van der Waals surface area contributed by atoms with E-state index in [9.17, 15) is 13.2 Å². The quantitative estimate of drug-likeness (QED) is 0.650. The summed E-state index contributed by atoms with van der Waals surface area (Å²) in [5.74, 6) is 5.35. The molecule has 20 heavy (non-hydrogen) atoms. The molecule has 0 aliphatic heterocycles. The van der Waals surface area contributed by atoms with Gasteiger partial charge in [0.15, 0.2) is 0 Å². The molecule has 1 atom stereocenters. The summed E-state index contributed by atoms with van der Waals surface area (Å²) >= 11 is 0. The van der Waals surface area contributed by atoms with Gasteiger partial charge in [-0.3, -0.25) is 11.3 Å². The minimum atomic E-state index is -4.14. The second-order valence-corrected chi connectivity index (χ2v) is 4.90. The molecule has 0 saturated carbocycles. The molecule has 2 rings (SSSR count). The zero-order valence-electron chi connectivity index (χ0n) is 11.0. The van der Waals surface area contributed by atoms with E-state index in [1.807, 2.05) is 42.5 Å². The lowest BCUT2D eigenvalue weighted by Crippen LogP contribution is -2.37. The van der Waals surface area contributed by atoms with Crippen LogP contribution in [0, 0.1) is 0 Å². The van der Waals surface area contributed by atoms with Crippen molar-refractivity contribution in [2.45, 2.75) is 31.5 Å². The second-order valence-electron chi connectivity index (χ2n) is 4.90. The van der Waals surface area contributed by atoms with E-state index in [-0.39, 0.29) is 12.5 Å². The fourth-order valence-electron chi connectivity index (χ4n) is 2.23. The van der Waals surface area contributed by atoms with E-state index in [0.717, 1.165) is 16.3 Å². The van der Waals surface area contributed by atoms with Crippen molar-refractivity contribution in [2.75, 3.05) is 0 Å². The Hall–Kier alpha value is -1.59. The van der Waals surface area contributed by atoms with Gasteiger partial charge in [0.1, 0.15) is 0 Å². The zero-order chi connectivity index (χ0) is 14.6. The van der Waals surface area contributed by atoms with Crippen LogP contribution < -0.4 is 11.3 Å². The summed E-state index contributed by atoms with van der Waals surface area (Å²) in [5, 5.41) is 2.19. The van der Waals surface area contributed by atoms with Gasteiger partial charge in [0.05, 0.1) is 0 Å². The maximum absolute atomic E-state index is 12.2. The third-order valence-corrected chi connectivity index (χ3v) is 3.31. The molecule has 108 valence electrons. The first-order valence-electron chi connectivity index (χ1n) is 6.48. The standard InChI is InChI=1S/C15H17F3N2/c16-15(17,18)8-7-14(20-19)10-11-5-6-12-3-1-2-4-13(12)9-11/h1-6,9,14,20H,7-8,10,19H2. The van der Waals surface area contributed by atoms with Crippen LogP contribution in [0.4, 0.5) is 13.2 Å². The molecule has 0 heterocycles. The summed E-state index contributed by atoms with van der Waals surface area (Å²) in [6.45, 7) is 0. The maximum Gasteiger partial charge on any atom is 0.389 e. The SMILES string of the molecule is NNC(CCC(F)(F)F)Cc1ccc2ccccc2c1. The number of hydrazine groups is 1. The molecule has 0 aliphatic carbocycles. The van der Waals surface area contributed by atoms with E-state index in [2.05, 4.69) is 5.43 Å². The molecule has 0 amide bonds. The minimum absolute atomic E-state index is 0.0210. The summed E-state index contributed by atoms with van der Waals surface area (Å²) in [4.78, 5) is 0. The van der Waals surface area contributed by atoms with Crippen LogP contribution in [0.2, 0.25) is 0 Å². The van der Waals surface area contributed by atoms with Crippen molar-refractivity contribution in [3.8, 4) is 0 Å². The number of hydrogen-bond donors (Lipinski definition) is 2. The van der Waals surface area contributed by atoms with Crippen LogP contribution >= 0.6 is 0 Å². The highest BCUT2D eigenvalue weighted by Crippen LogP contribution is 2.23. The Bertz CT molecular complexity index is 566. The van der Waals surface area contributed by atoms with Gasteiger partial charge in [-0.1, -0.05) is 42.5 Å². The maximum atomic E-state index is 12.2. The average Bonchev–Trinajstić information content (AvgIpc) is 2.42. The lowest BCUT2D eigenvalue weighted by molar-refractivity contribution is -0.136. The van der Waals surface area contributed by atoms with E-state index in [4.69, 9.17) is 5.84 Å². The van der Waals surface area contributed by atoms with Crippen LogP contribution in [-0.4, -0.2) is 12.2 Å². The lowest BCUT2D eigenvalue weighted by atomic mass is 9.99. The van der Waals surface area contributed by atoms with Gasteiger partial charge >= 0.3 is 6.18 Å². The van der Waals surface area contributed by atoms with Gasteiger partial charge < -0.3 is 0 Å². The van der Waals surface area contributed by atoms with Gasteiger partial charge in [0, 0.05) is 12.5 Å². The van der Waals surface area contributed by atoms with Crippen LogP contribution in [0.5, 0.6) is 0 Å². The predicted octanol–water partition coefficient (Wildman–Crippen LogP) is 3.56. The number of halogens is 3. The summed E-state index contributed by atoms with van der Waals surface area (Å²) in [6.07, 6.45) is -4.50. The molecule has 5 heteroatoms. The molecule has 0 spiro atoms. The molecule has 0 fully saturated rings. The van der Waals surface area contributed by atoms with Crippen LogP contribution in [0.25, 0.3) is 10.8 Å². The summed E-state index contributed by atoms with van der Waals surface area (Å²) in [5.41, 5.74) is 3.45. The molecular weight excluding hydrogens is 265 g/mol. The normalized spacial score (nSPS) is 13.6. The molecule has 0 aromatic heterocycles. The summed E-state index contributed by atoms with van der Waals surface area (Å²) in [6, 6.07) is 13.4. The Morgan fingerprint density at radius 3 is 2.40 bits per heavy atom. The average molecular weight is 282 g/mol. The van der Waals surface area contributed by atoms with Crippen molar-refractivity contribution in [3.63, 3.8) is 0 Å². The van der Waals surface area contributed by atoms with E-state index >= 15 is 0 Å². The zero-order valence-corrected chi connectivity index (χ0v) is 11.0. The van der Waals surface area contributed by atoms with Crippen LogP contribution in [0.3, 0.4) is 0 Å². The van der Waals surface area contributed by atoms with E-state index in [1.165, 1.54) is 0 Å². The first kappa shape index (κ1) is 14.8. The Labute approximate surface area is 115 Å². The number of hydrogen-bond acceptors (Lipinski definition) is 2. The number of nitrogens with two attached hydrogens (primary N) is 1. The second kappa shape index (κ2) is 6.24. The smallest absolute Gasteiger partial charge is 0.271 e. The number of rotatable bonds is 5. The fourth-order valence-corrected chi connectivity index (χ4v) is 2.23. The van der Waals surface area contributed by atoms with Crippen molar-refractivity contribution in [1.29, 1.82) is 0 Å². The molecule has 2 aromatic carbocycles. The van der Waals surface area contributed by atoms with Crippen LogP contribution in [0.15, 0.2) is 42.5 Å². The van der Waals surface area contributed by atoms with Crippen molar-refractivity contribution in [3.05, 3.63) is 48.0 Å². The minimum Gasteiger partial charge on any atom is -0.271 e.